The molecule has 0 radical (unpaired) electrons. The first kappa shape index (κ1) is 24.3. The largest absolute Gasteiger partial charge is 0.467 e. The number of esters is 1. The van der Waals surface area contributed by atoms with Gasteiger partial charge in [0, 0.05) is 0 Å². The Morgan fingerprint density at radius 2 is 1.63 bits per heavy atom. The van der Waals surface area contributed by atoms with Crippen molar-refractivity contribution in [1.29, 1.82) is 0 Å². The Morgan fingerprint density at radius 3 is 2.10 bits per heavy atom. The normalized spacial score (nSPS) is 14.7. The molecule has 0 saturated heterocycles. The predicted molar refractivity (Wildman–Crippen MR) is 116 cm³/mol. The third-order valence-corrected chi connectivity index (χ3v) is 6.93. The highest BCUT2D eigenvalue weighted by Gasteiger charge is 2.39. The molecule has 0 fully saturated rings. The molecule has 2 atom stereocenters. The van der Waals surface area contributed by atoms with Crippen LogP contribution in [0.3, 0.4) is 0 Å². The number of carbonyl (C=O) groups is 1. The van der Waals surface area contributed by atoms with Crippen LogP contribution in [0.1, 0.15) is 37.9 Å². The third-order valence-electron chi connectivity index (χ3n) is 4.80. The van der Waals surface area contributed by atoms with Gasteiger partial charge in [0.15, 0.2) is 0 Å². The van der Waals surface area contributed by atoms with Gasteiger partial charge in [0.25, 0.3) is 0 Å². The minimum Gasteiger partial charge on any atom is -0.467 e. The van der Waals surface area contributed by atoms with Gasteiger partial charge >= 0.3 is 13.6 Å². The highest BCUT2D eigenvalue weighted by Crippen LogP contribution is 2.47. The lowest BCUT2D eigenvalue weighted by atomic mass is 9.90. The van der Waals surface area contributed by atoms with Crippen LogP contribution in [0.25, 0.3) is 0 Å². The van der Waals surface area contributed by atoms with E-state index >= 15 is 0 Å². The van der Waals surface area contributed by atoms with E-state index in [1.54, 1.807) is 45.0 Å². The number of nitrogens with one attached hydrogen (secondary N) is 1. The zero-order valence-corrected chi connectivity index (χ0v) is 18.7. The Balaban J connectivity index is 2.41. The van der Waals surface area contributed by atoms with Crippen molar-refractivity contribution in [3.05, 3.63) is 65.7 Å². The molecule has 2 aromatic carbocycles. The number of rotatable bonds is 11. The first-order valence-corrected chi connectivity index (χ1v) is 11.4. The van der Waals surface area contributed by atoms with Crippen molar-refractivity contribution in [1.82, 2.24) is 5.32 Å². The number of hydrogen-bond acceptors (Lipinski definition) is 7. The van der Waals surface area contributed by atoms with Gasteiger partial charge in [-0.15, -0.1) is 0 Å². The standard InChI is InChI=1S/C22H30NO6P/c1-5-28-30(26,29-6-2)19-14-12-18(13-15-19)22(3,21(25)27-4)23-20(16-24)17-10-8-7-9-11-17/h7-15,20,23-24H,5-6,16H2,1-4H3/t20-,22-/m0/s1. The molecule has 0 aliphatic carbocycles. The summed E-state index contributed by atoms with van der Waals surface area (Å²) in [6.45, 7) is 5.46. The molecule has 0 aromatic heterocycles. The van der Waals surface area contributed by atoms with Gasteiger partial charge in [0.2, 0.25) is 0 Å². The van der Waals surface area contributed by atoms with Crippen LogP contribution in [0, 0.1) is 0 Å². The van der Waals surface area contributed by atoms with Crippen molar-refractivity contribution in [2.24, 2.45) is 0 Å². The summed E-state index contributed by atoms with van der Waals surface area (Å²) in [4.78, 5) is 12.7. The van der Waals surface area contributed by atoms with E-state index in [1.165, 1.54) is 7.11 Å². The molecular weight excluding hydrogens is 405 g/mol. The summed E-state index contributed by atoms with van der Waals surface area (Å²) in [5, 5.41) is 13.6. The van der Waals surface area contributed by atoms with Gasteiger partial charge in [-0.1, -0.05) is 42.5 Å². The summed E-state index contributed by atoms with van der Waals surface area (Å²) in [5.41, 5.74) is 0.175. The van der Waals surface area contributed by atoms with E-state index in [9.17, 15) is 14.5 Å². The minimum atomic E-state index is -3.43. The summed E-state index contributed by atoms with van der Waals surface area (Å²) in [7, 11) is -2.12. The van der Waals surface area contributed by atoms with Gasteiger partial charge in [-0.2, -0.15) is 0 Å². The molecule has 0 bridgehead atoms. The summed E-state index contributed by atoms with van der Waals surface area (Å²) >= 11 is 0. The zero-order chi connectivity index (χ0) is 22.2. The highest BCUT2D eigenvalue weighted by atomic mass is 31.2. The zero-order valence-electron chi connectivity index (χ0n) is 17.8. The summed E-state index contributed by atoms with van der Waals surface area (Å²) < 4.78 is 28.8. The second kappa shape index (κ2) is 10.8. The van der Waals surface area contributed by atoms with Gasteiger partial charge in [-0.25, -0.2) is 4.79 Å². The fraction of sp³-hybridized carbons (Fsp3) is 0.409. The average molecular weight is 435 g/mol. The van der Waals surface area contributed by atoms with Gasteiger partial charge < -0.3 is 18.9 Å². The third kappa shape index (κ3) is 5.36. The van der Waals surface area contributed by atoms with Gasteiger partial charge in [-0.05, 0) is 44.0 Å². The number of hydrogen-bond donors (Lipinski definition) is 2. The van der Waals surface area contributed by atoms with E-state index in [-0.39, 0.29) is 19.8 Å². The number of aliphatic hydroxyl groups is 1. The topological polar surface area (TPSA) is 94.1 Å². The van der Waals surface area contributed by atoms with Crippen LogP contribution in [0.5, 0.6) is 0 Å². The molecule has 2 N–H and O–H groups in total. The van der Waals surface area contributed by atoms with E-state index in [2.05, 4.69) is 5.32 Å². The summed E-state index contributed by atoms with van der Waals surface area (Å²) in [6, 6.07) is 15.5. The maximum absolute atomic E-state index is 13.0. The van der Waals surface area contributed by atoms with Crippen molar-refractivity contribution < 1.29 is 28.3 Å². The molecule has 2 aromatic rings. The SMILES string of the molecule is CCOP(=O)(OCC)c1ccc([C@](C)(N[C@@H](CO)c2ccccc2)C(=O)OC)cc1. The fourth-order valence-corrected chi connectivity index (χ4v) is 4.80. The van der Waals surface area contributed by atoms with Crippen LogP contribution in [0.4, 0.5) is 0 Å². The molecule has 0 saturated carbocycles. The van der Waals surface area contributed by atoms with E-state index in [0.29, 0.717) is 10.9 Å². The lowest BCUT2D eigenvalue weighted by molar-refractivity contribution is -0.149. The second-order valence-corrected chi connectivity index (χ2v) is 8.81. The summed E-state index contributed by atoms with van der Waals surface area (Å²) in [5.74, 6) is -0.512. The maximum atomic E-state index is 13.0. The second-order valence-electron chi connectivity index (χ2n) is 6.79. The smallest absolute Gasteiger partial charge is 0.361 e. The number of methoxy groups -OCH3 is 1. The van der Waals surface area contributed by atoms with Gasteiger partial charge in [0.1, 0.15) is 5.54 Å². The molecular formula is C22H30NO6P. The van der Waals surface area contributed by atoms with Gasteiger partial charge in [0.05, 0.1) is 38.3 Å². The first-order valence-electron chi connectivity index (χ1n) is 9.86. The Morgan fingerprint density at radius 1 is 1.07 bits per heavy atom. The van der Waals surface area contributed by atoms with Crippen LogP contribution in [-0.2, 0) is 28.7 Å². The number of carbonyl (C=O) groups excluding carboxylic acids is 1. The van der Waals surface area contributed by atoms with E-state index < -0.39 is 25.1 Å². The molecule has 164 valence electrons. The Labute approximate surface area is 177 Å². The lowest BCUT2D eigenvalue weighted by Gasteiger charge is -2.33. The van der Waals surface area contributed by atoms with Crippen molar-refractivity contribution >= 4 is 18.9 Å². The fourth-order valence-electron chi connectivity index (χ4n) is 3.24. The van der Waals surface area contributed by atoms with Crippen LogP contribution < -0.4 is 10.6 Å². The molecule has 0 amide bonds. The Bertz CT molecular complexity index is 848. The van der Waals surface area contributed by atoms with Crippen LogP contribution >= 0.6 is 7.60 Å². The van der Waals surface area contributed by atoms with Crippen LogP contribution in [0.15, 0.2) is 54.6 Å². The van der Waals surface area contributed by atoms with Crippen LogP contribution in [0.2, 0.25) is 0 Å². The van der Waals surface area contributed by atoms with Crippen LogP contribution in [-0.4, -0.2) is 38.0 Å². The lowest BCUT2D eigenvalue weighted by Crippen LogP contribution is -2.49. The number of benzene rings is 2. The van der Waals surface area contributed by atoms with Crippen molar-refractivity contribution in [2.75, 3.05) is 26.9 Å². The Kier molecular flexibility index (Phi) is 8.77. The molecule has 0 aliphatic heterocycles. The molecule has 30 heavy (non-hydrogen) atoms. The minimum absolute atomic E-state index is 0.210. The van der Waals surface area contributed by atoms with E-state index in [0.717, 1.165) is 5.56 Å². The monoisotopic (exact) mass is 435 g/mol. The molecule has 2 rings (SSSR count). The molecule has 7 nitrogen and oxygen atoms in total. The molecule has 8 heteroatoms. The molecule has 0 aliphatic rings. The first-order chi connectivity index (χ1) is 14.3. The average Bonchev–Trinajstić information content (AvgIpc) is 2.77. The molecule has 0 heterocycles. The summed E-state index contributed by atoms with van der Waals surface area (Å²) in [6.07, 6.45) is 0. The van der Waals surface area contributed by atoms with Gasteiger partial charge in [-0.3, -0.25) is 9.88 Å². The van der Waals surface area contributed by atoms with Crippen molar-refractivity contribution in [2.45, 2.75) is 32.4 Å². The van der Waals surface area contributed by atoms with E-state index in [1.807, 2.05) is 30.3 Å². The highest BCUT2D eigenvalue weighted by molar-refractivity contribution is 7.62. The number of aliphatic hydroxyl groups excluding tert-OH is 1. The Hall–Kier alpha value is -2.02. The van der Waals surface area contributed by atoms with Crippen molar-refractivity contribution in [3.8, 4) is 0 Å². The molecule has 0 unspecified atom stereocenters. The quantitative estimate of drug-likeness (QED) is 0.413. The maximum Gasteiger partial charge on any atom is 0.361 e. The van der Waals surface area contributed by atoms with Crippen molar-refractivity contribution in [3.63, 3.8) is 0 Å². The molecule has 0 spiro atoms. The number of ether oxygens (including phenoxy) is 1. The van der Waals surface area contributed by atoms with E-state index in [4.69, 9.17) is 13.8 Å². The predicted octanol–water partition coefficient (Wildman–Crippen LogP) is 3.29.